The molecule has 1 fully saturated rings. The second-order valence-electron chi connectivity index (χ2n) is 8.02. The van der Waals surface area contributed by atoms with E-state index in [0.717, 1.165) is 55.4 Å². The number of rotatable bonds is 7. The van der Waals surface area contributed by atoms with Crippen LogP contribution in [0.5, 0.6) is 0 Å². The maximum atomic E-state index is 13.7. The zero-order valence-corrected chi connectivity index (χ0v) is 19.0. The monoisotopic (exact) mass is 435 g/mol. The van der Waals surface area contributed by atoms with Crippen LogP contribution < -0.4 is 0 Å². The second kappa shape index (κ2) is 10.2. The van der Waals surface area contributed by atoms with Crippen LogP contribution in [0.3, 0.4) is 0 Å². The molecule has 1 saturated heterocycles. The summed E-state index contributed by atoms with van der Waals surface area (Å²) < 4.78 is 5.48. The normalized spacial score (nSPS) is 15.5. The number of aromatic nitrogens is 1. The Morgan fingerprint density at radius 2 is 1.94 bits per heavy atom. The third-order valence-corrected chi connectivity index (χ3v) is 6.43. The largest absolute Gasteiger partial charge is 0.379 e. The van der Waals surface area contributed by atoms with Crippen LogP contribution in [0.4, 0.5) is 0 Å². The van der Waals surface area contributed by atoms with Gasteiger partial charge < -0.3 is 9.64 Å². The highest BCUT2D eigenvalue weighted by Crippen LogP contribution is 2.23. The average molecular weight is 436 g/mol. The van der Waals surface area contributed by atoms with Gasteiger partial charge in [0.25, 0.3) is 5.91 Å². The van der Waals surface area contributed by atoms with Crippen molar-refractivity contribution < 1.29 is 9.53 Å². The molecular formula is C25H29N3O2S. The maximum Gasteiger partial charge on any atom is 0.256 e. The second-order valence-corrected chi connectivity index (χ2v) is 8.80. The number of ether oxygens (including phenoxy) is 1. The van der Waals surface area contributed by atoms with Crippen molar-refractivity contribution in [3.8, 4) is 11.3 Å². The number of amides is 1. The van der Waals surface area contributed by atoms with E-state index in [1.54, 1.807) is 11.3 Å². The Bertz CT molecular complexity index is 985. The quantitative estimate of drug-likeness (QED) is 0.549. The molecule has 0 radical (unpaired) electrons. The molecule has 1 aliphatic heterocycles. The van der Waals surface area contributed by atoms with Crippen molar-refractivity contribution in [3.05, 3.63) is 76.1 Å². The fraction of sp³-hybridized carbons (Fsp3) is 0.360. The van der Waals surface area contributed by atoms with E-state index in [-0.39, 0.29) is 11.9 Å². The van der Waals surface area contributed by atoms with Gasteiger partial charge in [0.15, 0.2) is 0 Å². The molecule has 0 spiro atoms. The third-order valence-electron chi connectivity index (χ3n) is 5.75. The smallest absolute Gasteiger partial charge is 0.256 e. The van der Waals surface area contributed by atoms with Crippen LogP contribution in [0, 0.1) is 6.92 Å². The average Bonchev–Trinajstić information content (AvgIpc) is 3.33. The van der Waals surface area contributed by atoms with Gasteiger partial charge in [0.2, 0.25) is 0 Å². The van der Waals surface area contributed by atoms with Crippen LogP contribution >= 0.6 is 11.3 Å². The van der Waals surface area contributed by atoms with Crippen LogP contribution in [0.25, 0.3) is 11.3 Å². The summed E-state index contributed by atoms with van der Waals surface area (Å²) in [6, 6.07) is 16.2. The van der Waals surface area contributed by atoms with Crippen LogP contribution in [0.15, 0.2) is 59.3 Å². The number of morpholine rings is 1. The maximum absolute atomic E-state index is 13.7. The van der Waals surface area contributed by atoms with Gasteiger partial charge in [-0.3, -0.25) is 14.7 Å². The van der Waals surface area contributed by atoms with Crippen molar-refractivity contribution in [2.45, 2.75) is 26.4 Å². The van der Waals surface area contributed by atoms with Crippen molar-refractivity contribution in [3.63, 3.8) is 0 Å². The van der Waals surface area contributed by atoms with Crippen molar-refractivity contribution in [1.82, 2.24) is 14.8 Å². The van der Waals surface area contributed by atoms with Gasteiger partial charge >= 0.3 is 0 Å². The highest BCUT2D eigenvalue weighted by Gasteiger charge is 2.26. The summed E-state index contributed by atoms with van der Waals surface area (Å²) in [7, 11) is 0. The molecule has 1 amide bonds. The standard InChI is InChI=1S/C25H29N3O2S/c1-19(16-27-11-13-30-14-12-27)28(17-21-6-4-3-5-7-21)25(29)23-8-9-24(26-20(23)2)22-10-15-31-18-22/h3-10,15,18-19H,11-14,16-17H2,1-2H3. The predicted molar refractivity (Wildman–Crippen MR) is 125 cm³/mol. The Morgan fingerprint density at radius 1 is 1.16 bits per heavy atom. The fourth-order valence-corrected chi connectivity index (χ4v) is 4.63. The van der Waals surface area contributed by atoms with Crippen molar-refractivity contribution in [2.24, 2.45) is 0 Å². The first-order chi connectivity index (χ1) is 15.1. The van der Waals surface area contributed by atoms with Crippen LogP contribution in [0.1, 0.15) is 28.5 Å². The minimum absolute atomic E-state index is 0.0338. The van der Waals surface area contributed by atoms with Crippen LogP contribution in [0.2, 0.25) is 0 Å². The van der Waals surface area contributed by atoms with E-state index in [1.165, 1.54) is 0 Å². The molecule has 6 heteroatoms. The summed E-state index contributed by atoms with van der Waals surface area (Å²) in [6.45, 7) is 8.81. The molecule has 1 aliphatic rings. The fourth-order valence-electron chi connectivity index (χ4n) is 3.98. The molecule has 4 rings (SSSR count). The topological polar surface area (TPSA) is 45.7 Å². The Kier molecular flexibility index (Phi) is 7.12. The number of thiophene rings is 1. The van der Waals surface area contributed by atoms with E-state index in [4.69, 9.17) is 9.72 Å². The molecule has 162 valence electrons. The molecule has 0 aliphatic carbocycles. The third kappa shape index (κ3) is 5.39. The molecule has 0 saturated carbocycles. The summed E-state index contributed by atoms with van der Waals surface area (Å²) in [5, 5.41) is 4.12. The van der Waals surface area contributed by atoms with Gasteiger partial charge in [-0.15, -0.1) is 0 Å². The molecular weight excluding hydrogens is 406 g/mol. The summed E-state index contributed by atoms with van der Waals surface area (Å²) in [6.07, 6.45) is 0. The van der Waals surface area contributed by atoms with Gasteiger partial charge in [0, 0.05) is 43.2 Å². The van der Waals surface area contributed by atoms with Gasteiger partial charge in [-0.25, -0.2) is 0 Å². The number of hydrogen-bond acceptors (Lipinski definition) is 5. The number of carbonyl (C=O) groups is 1. The highest BCUT2D eigenvalue weighted by molar-refractivity contribution is 7.08. The lowest BCUT2D eigenvalue weighted by Crippen LogP contribution is -2.48. The molecule has 5 nitrogen and oxygen atoms in total. The number of hydrogen-bond donors (Lipinski definition) is 0. The van der Waals surface area contributed by atoms with Crippen molar-refractivity contribution in [2.75, 3.05) is 32.8 Å². The first kappa shape index (κ1) is 21.7. The first-order valence-electron chi connectivity index (χ1n) is 10.8. The van der Waals surface area contributed by atoms with Crippen LogP contribution in [-0.2, 0) is 11.3 Å². The van der Waals surface area contributed by atoms with Crippen LogP contribution in [-0.4, -0.2) is 59.6 Å². The molecule has 1 unspecified atom stereocenters. The van der Waals surface area contributed by atoms with Gasteiger partial charge in [-0.2, -0.15) is 11.3 Å². The van der Waals surface area contributed by atoms with E-state index in [1.807, 2.05) is 47.5 Å². The minimum Gasteiger partial charge on any atom is -0.379 e. The van der Waals surface area contributed by atoms with Crippen molar-refractivity contribution >= 4 is 17.2 Å². The van der Waals surface area contributed by atoms with Gasteiger partial charge in [0.05, 0.1) is 30.2 Å². The molecule has 0 bridgehead atoms. The van der Waals surface area contributed by atoms with E-state index in [9.17, 15) is 4.79 Å². The van der Waals surface area contributed by atoms with E-state index < -0.39 is 0 Å². The lowest BCUT2D eigenvalue weighted by molar-refractivity contribution is 0.0228. The van der Waals surface area contributed by atoms with Gasteiger partial charge in [-0.1, -0.05) is 30.3 Å². The van der Waals surface area contributed by atoms with E-state index >= 15 is 0 Å². The SMILES string of the molecule is Cc1nc(-c2ccsc2)ccc1C(=O)N(Cc1ccccc1)C(C)CN1CCOCC1. The number of pyridine rings is 1. The minimum atomic E-state index is 0.0338. The summed E-state index contributed by atoms with van der Waals surface area (Å²) in [5.74, 6) is 0.0338. The first-order valence-corrected chi connectivity index (χ1v) is 11.7. The lowest BCUT2D eigenvalue weighted by Gasteiger charge is -2.35. The Balaban J connectivity index is 1.58. The number of aryl methyl sites for hydroxylation is 1. The lowest BCUT2D eigenvalue weighted by atomic mass is 10.1. The predicted octanol–water partition coefficient (Wildman–Crippen LogP) is 4.48. The summed E-state index contributed by atoms with van der Waals surface area (Å²) in [5.41, 5.74) is 4.57. The molecule has 2 aromatic heterocycles. The highest BCUT2D eigenvalue weighted by atomic mass is 32.1. The molecule has 0 N–H and O–H groups in total. The molecule has 3 heterocycles. The van der Waals surface area contributed by atoms with Crippen molar-refractivity contribution in [1.29, 1.82) is 0 Å². The van der Waals surface area contributed by atoms with E-state index in [0.29, 0.717) is 12.1 Å². The summed E-state index contributed by atoms with van der Waals surface area (Å²) in [4.78, 5) is 22.8. The Hall–Kier alpha value is -2.54. The molecule has 1 atom stereocenters. The van der Waals surface area contributed by atoms with E-state index in [2.05, 4.69) is 35.4 Å². The zero-order valence-electron chi connectivity index (χ0n) is 18.2. The Labute approximate surface area is 188 Å². The number of carbonyl (C=O) groups excluding carboxylic acids is 1. The van der Waals surface area contributed by atoms with Gasteiger partial charge in [-0.05, 0) is 43.0 Å². The number of nitrogens with zero attached hydrogens (tertiary/aromatic N) is 3. The zero-order chi connectivity index (χ0) is 21.6. The number of benzene rings is 1. The molecule has 1 aromatic carbocycles. The summed E-state index contributed by atoms with van der Waals surface area (Å²) >= 11 is 1.65. The van der Waals surface area contributed by atoms with Gasteiger partial charge in [0.1, 0.15) is 0 Å². The Morgan fingerprint density at radius 3 is 2.61 bits per heavy atom. The molecule has 31 heavy (non-hydrogen) atoms. The molecule has 3 aromatic rings.